The SMILES string of the molecule is CC(C)C1CCCC(C#N)(NCC2CCCO2)C1. The third-order valence-corrected chi connectivity index (χ3v) is 4.64. The Kier molecular flexibility index (Phi) is 4.64. The molecule has 18 heavy (non-hydrogen) atoms. The molecule has 1 heterocycles. The average Bonchev–Trinajstić information content (AvgIpc) is 2.90. The van der Waals surface area contributed by atoms with Gasteiger partial charge in [0, 0.05) is 13.2 Å². The lowest BCUT2D eigenvalue weighted by Crippen LogP contribution is -2.50. The van der Waals surface area contributed by atoms with E-state index in [0.29, 0.717) is 17.9 Å². The van der Waals surface area contributed by atoms with Crippen molar-refractivity contribution in [2.75, 3.05) is 13.2 Å². The normalized spacial score (nSPS) is 36.8. The second-order valence-corrected chi connectivity index (χ2v) is 6.31. The van der Waals surface area contributed by atoms with E-state index in [2.05, 4.69) is 25.2 Å². The minimum Gasteiger partial charge on any atom is -0.377 e. The predicted octanol–water partition coefficient (Wildman–Crippen LogP) is 2.86. The zero-order valence-electron chi connectivity index (χ0n) is 11.7. The van der Waals surface area contributed by atoms with E-state index >= 15 is 0 Å². The Bertz CT molecular complexity index is 304. The van der Waals surface area contributed by atoms with Crippen molar-refractivity contribution < 1.29 is 4.74 Å². The number of nitriles is 1. The highest BCUT2D eigenvalue weighted by Crippen LogP contribution is 2.36. The molecule has 0 amide bonds. The maximum atomic E-state index is 9.56. The summed E-state index contributed by atoms with van der Waals surface area (Å²) in [4.78, 5) is 0. The van der Waals surface area contributed by atoms with Gasteiger partial charge in [0.2, 0.25) is 0 Å². The molecule has 1 saturated heterocycles. The van der Waals surface area contributed by atoms with Crippen molar-refractivity contribution in [1.82, 2.24) is 5.32 Å². The van der Waals surface area contributed by atoms with E-state index in [1.165, 1.54) is 19.3 Å². The fourth-order valence-corrected chi connectivity index (χ4v) is 3.30. The van der Waals surface area contributed by atoms with Gasteiger partial charge in [-0.2, -0.15) is 5.26 Å². The molecule has 3 heteroatoms. The van der Waals surface area contributed by atoms with Crippen molar-refractivity contribution in [2.24, 2.45) is 11.8 Å². The fraction of sp³-hybridized carbons (Fsp3) is 0.933. The molecule has 1 aliphatic heterocycles. The Balaban J connectivity index is 1.90. The summed E-state index contributed by atoms with van der Waals surface area (Å²) in [6.07, 6.45) is 7.10. The average molecular weight is 250 g/mol. The van der Waals surface area contributed by atoms with E-state index in [4.69, 9.17) is 4.74 Å². The van der Waals surface area contributed by atoms with Crippen molar-refractivity contribution in [3.63, 3.8) is 0 Å². The van der Waals surface area contributed by atoms with Crippen molar-refractivity contribution in [2.45, 2.75) is 64.0 Å². The van der Waals surface area contributed by atoms with Gasteiger partial charge < -0.3 is 4.74 Å². The molecule has 102 valence electrons. The first kappa shape index (κ1) is 13.8. The molecule has 1 N–H and O–H groups in total. The molecule has 3 atom stereocenters. The Morgan fingerprint density at radius 3 is 2.83 bits per heavy atom. The lowest BCUT2D eigenvalue weighted by molar-refractivity contribution is 0.0952. The molecule has 0 aromatic rings. The van der Waals surface area contributed by atoms with Crippen molar-refractivity contribution in [3.8, 4) is 6.07 Å². The summed E-state index contributed by atoms with van der Waals surface area (Å²) >= 11 is 0. The molecule has 0 aromatic carbocycles. The molecule has 0 spiro atoms. The summed E-state index contributed by atoms with van der Waals surface area (Å²) in [5.41, 5.74) is -0.293. The highest BCUT2D eigenvalue weighted by Gasteiger charge is 2.37. The van der Waals surface area contributed by atoms with Crippen LogP contribution < -0.4 is 5.32 Å². The number of hydrogen-bond acceptors (Lipinski definition) is 3. The molecule has 0 bridgehead atoms. The second kappa shape index (κ2) is 6.04. The van der Waals surface area contributed by atoms with Crippen LogP contribution in [0.2, 0.25) is 0 Å². The van der Waals surface area contributed by atoms with E-state index in [9.17, 15) is 5.26 Å². The van der Waals surface area contributed by atoms with E-state index < -0.39 is 0 Å². The van der Waals surface area contributed by atoms with Crippen LogP contribution in [0.4, 0.5) is 0 Å². The summed E-state index contributed by atoms with van der Waals surface area (Å²) < 4.78 is 5.64. The Hall–Kier alpha value is -0.590. The predicted molar refractivity (Wildman–Crippen MR) is 72.1 cm³/mol. The number of hydrogen-bond donors (Lipinski definition) is 1. The van der Waals surface area contributed by atoms with E-state index in [1.54, 1.807) is 0 Å². The number of rotatable bonds is 4. The van der Waals surface area contributed by atoms with Crippen LogP contribution in [0.1, 0.15) is 52.4 Å². The monoisotopic (exact) mass is 250 g/mol. The zero-order valence-corrected chi connectivity index (χ0v) is 11.7. The molecule has 0 aromatic heterocycles. The third kappa shape index (κ3) is 3.24. The van der Waals surface area contributed by atoms with Gasteiger partial charge in [-0.3, -0.25) is 5.32 Å². The number of ether oxygens (including phenoxy) is 1. The Labute approximate surface area is 111 Å². The molecule has 3 nitrogen and oxygen atoms in total. The topological polar surface area (TPSA) is 45.0 Å². The van der Waals surface area contributed by atoms with Crippen LogP contribution in [-0.2, 0) is 4.74 Å². The summed E-state index contributed by atoms with van der Waals surface area (Å²) in [6, 6.07) is 2.56. The Morgan fingerprint density at radius 2 is 2.22 bits per heavy atom. The summed E-state index contributed by atoms with van der Waals surface area (Å²) in [7, 11) is 0. The first-order valence-electron chi connectivity index (χ1n) is 7.43. The van der Waals surface area contributed by atoms with Crippen LogP contribution in [-0.4, -0.2) is 24.8 Å². The van der Waals surface area contributed by atoms with Crippen LogP contribution in [0, 0.1) is 23.2 Å². The minimum atomic E-state index is -0.293. The highest BCUT2D eigenvalue weighted by atomic mass is 16.5. The van der Waals surface area contributed by atoms with Gasteiger partial charge in [0.05, 0.1) is 12.2 Å². The van der Waals surface area contributed by atoms with Crippen LogP contribution in [0.5, 0.6) is 0 Å². The molecular formula is C15H26N2O. The quantitative estimate of drug-likeness (QED) is 0.834. The van der Waals surface area contributed by atoms with Crippen molar-refractivity contribution in [1.29, 1.82) is 5.26 Å². The van der Waals surface area contributed by atoms with Gasteiger partial charge in [0.15, 0.2) is 0 Å². The summed E-state index contributed by atoms with van der Waals surface area (Å²) in [5.74, 6) is 1.37. The van der Waals surface area contributed by atoms with Gasteiger partial charge >= 0.3 is 0 Å². The lowest BCUT2D eigenvalue weighted by Gasteiger charge is -2.38. The second-order valence-electron chi connectivity index (χ2n) is 6.31. The van der Waals surface area contributed by atoms with Gasteiger partial charge in [0.25, 0.3) is 0 Å². The molecule has 1 aliphatic carbocycles. The first-order valence-corrected chi connectivity index (χ1v) is 7.43. The van der Waals surface area contributed by atoms with Gasteiger partial charge in [-0.15, -0.1) is 0 Å². The summed E-state index contributed by atoms with van der Waals surface area (Å²) in [6.45, 7) is 6.29. The molecule has 2 aliphatic rings. The van der Waals surface area contributed by atoms with Crippen LogP contribution in [0.3, 0.4) is 0 Å². The molecule has 0 radical (unpaired) electrons. The molecule has 1 saturated carbocycles. The molecule has 2 fully saturated rings. The van der Waals surface area contributed by atoms with Gasteiger partial charge in [-0.1, -0.05) is 20.3 Å². The van der Waals surface area contributed by atoms with Crippen LogP contribution in [0.15, 0.2) is 0 Å². The van der Waals surface area contributed by atoms with Crippen LogP contribution >= 0.6 is 0 Å². The standard InChI is InChI=1S/C15H26N2O/c1-12(2)13-5-3-7-15(9-13,11-16)17-10-14-6-4-8-18-14/h12-14,17H,3-10H2,1-2H3. The largest absolute Gasteiger partial charge is 0.377 e. The molecular weight excluding hydrogens is 224 g/mol. The van der Waals surface area contributed by atoms with E-state index in [1.807, 2.05) is 0 Å². The minimum absolute atomic E-state index is 0.293. The van der Waals surface area contributed by atoms with Gasteiger partial charge in [0.1, 0.15) is 5.54 Å². The summed E-state index contributed by atoms with van der Waals surface area (Å²) in [5, 5.41) is 13.1. The van der Waals surface area contributed by atoms with Crippen LogP contribution in [0.25, 0.3) is 0 Å². The third-order valence-electron chi connectivity index (χ3n) is 4.64. The molecule has 2 rings (SSSR count). The highest BCUT2D eigenvalue weighted by molar-refractivity contribution is 5.10. The van der Waals surface area contributed by atoms with Crippen molar-refractivity contribution >= 4 is 0 Å². The number of nitrogens with one attached hydrogen (secondary N) is 1. The fourth-order valence-electron chi connectivity index (χ4n) is 3.30. The smallest absolute Gasteiger partial charge is 0.107 e. The molecule has 3 unspecified atom stereocenters. The number of nitrogens with zero attached hydrogens (tertiary/aromatic N) is 1. The van der Waals surface area contributed by atoms with Crippen molar-refractivity contribution in [3.05, 3.63) is 0 Å². The zero-order chi connectivity index (χ0) is 13.0. The lowest BCUT2D eigenvalue weighted by atomic mass is 9.72. The van der Waals surface area contributed by atoms with Gasteiger partial charge in [-0.05, 0) is 43.9 Å². The van der Waals surface area contributed by atoms with E-state index in [0.717, 1.165) is 32.4 Å². The first-order chi connectivity index (χ1) is 8.65. The maximum Gasteiger partial charge on any atom is 0.107 e. The van der Waals surface area contributed by atoms with Gasteiger partial charge in [-0.25, -0.2) is 0 Å². The Morgan fingerprint density at radius 1 is 1.39 bits per heavy atom. The maximum absolute atomic E-state index is 9.56. The van der Waals surface area contributed by atoms with E-state index in [-0.39, 0.29) is 5.54 Å².